The van der Waals surface area contributed by atoms with E-state index < -0.39 is 11.1 Å². The summed E-state index contributed by atoms with van der Waals surface area (Å²) < 4.78 is 0. The maximum absolute atomic E-state index is 12.9. The Kier molecular flexibility index (Phi) is 4.10. The number of nitrogens with zero attached hydrogens (tertiary/aromatic N) is 2. The molecular weight excluding hydrogens is 240 g/mol. The summed E-state index contributed by atoms with van der Waals surface area (Å²) in [6, 6.07) is 0. The molecule has 19 heavy (non-hydrogen) atoms. The van der Waals surface area contributed by atoms with E-state index >= 15 is 0 Å². The second-order valence-electron chi connectivity index (χ2n) is 8.06. The van der Waals surface area contributed by atoms with Crippen LogP contribution < -0.4 is 0 Å². The Morgan fingerprint density at radius 3 is 2.11 bits per heavy atom. The van der Waals surface area contributed by atoms with E-state index in [1.165, 1.54) is 5.06 Å². The Bertz CT molecular complexity index is 358. The van der Waals surface area contributed by atoms with Crippen molar-refractivity contribution in [1.29, 1.82) is 0 Å². The lowest BCUT2D eigenvalue weighted by Gasteiger charge is -2.56. The Morgan fingerprint density at radius 2 is 1.74 bits per heavy atom. The zero-order valence-corrected chi connectivity index (χ0v) is 13.7. The van der Waals surface area contributed by atoms with Crippen LogP contribution in [0.2, 0.25) is 0 Å². The minimum absolute atomic E-state index is 0.0236. The molecule has 0 spiro atoms. The van der Waals surface area contributed by atoms with Gasteiger partial charge in [-0.2, -0.15) is 5.06 Å². The number of carbonyl (C=O) groups excluding carboxylic acids is 1. The summed E-state index contributed by atoms with van der Waals surface area (Å²) >= 11 is 0. The predicted molar refractivity (Wildman–Crippen MR) is 77.0 cm³/mol. The van der Waals surface area contributed by atoms with Gasteiger partial charge in [-0.3, -0.25) is 4.79 Å². The van der Waals surface area contributed by atoms with Crippen LogP contribution in [0.25, 0.3) is 0 Å². The van der Waals surface area contributed by atoms with Crippen molar-refractivity contribution in [2.45, 2.75) is 78.4 Å². The van der Waals surface area contributed by atoms with Gasteiger partial charge in [0, 0.05) is 12.1 Å². The van der Waals surface area contributed by atoms with Gasteiger partial charge >= 0.3 is 0 Å². The van der Waals surface area contributed by atoms with Gasteiger partial charge in [0.15, 0.2) is 0 Å². The van der Waals surface area contributed by atoms with Crippen LogP contribution in [-0.2, 0) is 4.79 Å². The van der Waals surface area contributed by atoms with E-state index in [-0.39, 0.29) is 11.4 Å². The number of amides is 1. The largest absolute Gasteiger partial charge is 0.334 e. The molecule has 4 heteroatoms. The fraction of sp³-hybridized carbons (Fsp3) is 0.933. The number of hydroxylamine groups is 2. The highest BCUT2D eigenvalue weighted by Crippen LogP contribution is 2.38. The molecule has 1 unspecified atom stereocenters. The lowest BCUT2D eigenvalue weighted by Crippen LogP contribution is -2.74. The zero-order valence-electron chi connectivity index (χ0n) is 13.7. The Labute approximate surface area is 117 Å². The van der Waals surface area contributed by atoms with Gasteiger partial charge in [0.05, 0.1) is 5.54 Å². The van der Waals surface area contributed by atoms with Gasteiger partial charge in [-0.1, -0.05) is 13.8 Å². The minimum atomic E-state index is -0.844. The van der Waals surface area contributed by atoms with Crippen molar-refractivity contribution in [2.75, 3.05) is 6.54 Å². The predicted octanol–water partition coefficient (Wildman–Crippen LogP) is 2.90. The topological polar surface area (TPSA) is 43.8 Å². The van der Waals surface area contributed by atoms with Crippen molar-refractivity contribution >= 4 is 5.91 Å². The van der Waals surface area contributed by atoms with E-state index in [1.54, 1.807) is 0 Å². The summed E-state index contributed by atoms with van der Waals surface area (Å²) in [6.45, 7) is 16.7. The molecule has 0 aromatic rings. The smallest absolute Gasteiger partial charge is 0.245 e. The molecule has 1 amide bonds. The highest BCUT2D eigenvalue weighted by atomic mass is 16.5. The van der Waals surface area contributed by atoms with Gasteiger partial charge < -0.3 is 10.1 Å². The summed E-state index contributed by atoms with van der Waals surface area (Å²) in [4.78, 5) is 14.8. The lowest BCUT2D eigenvalue weighted by atomic mass is 9.80. The van der Waals surface area contributed by atoms with Crippen LogP contribution in [0, 0.1) is 5.92 Å². The van der Waals surface area contributed by atoms with Gasteiger partial charge in [0.2, 0.25) is 5.91 Å². The summed E-state index contributed by atoms with van der Waals surface area (Å²) in [6.07, 6.45) is 0.651. The normalized spacial score (nSPS) is 29.2. The first-order chi connectivity index (χ1) is 8.32. The van der Waals surface area contributed by atoms with Gasteiger partial charge in [0.25, 0.3) is 0 Å². The van der Waals surface area contributed by atoms with E-state index in [0.29, 0.717) is 18.9 Å². The van der Waals surface area contributed by atoms with Crippen LogP contribution >= 0.6 is 0 Å². The summed E-state index contributed by atoms with van der Waals surface area (Å²) in [7, 11) is 0. The highest BCUT2D eigenvalue weighted by molar-refractivity contribution is 5.87. The van der Waals surface area contributed by atoms with Crippen LogP contribution in [-0.4, -0.2) is 44.2 Å². The third-order valence-corrected chi connectivity index (χ3v) is 3.91. The monoisotopic (exact) mass is 270 g/mol. The van der Waals surface area contributed by atoms with E-state index in [9.17, 15) is 10.0 Å². The molecule has 1 atom stereocenters. The van der Waals surface area contributed by atoms with Crippen LogP contribution in [0.5, 0.6) is 0 Å². The fourth-order valence-corrected chi connectivity index (χ4v) is 3.09. The summed E-state index contributed by atoms with van der Waals surface area (Å²) in [5.41, 5.74) is -1.51. The van der Waals surface area contributed by atoms with Gasteiger partial charge in [-0.15, -0.1) is 0 Å². The maximum Gasteiger partial charge on any atom is 0.245 e. The number of carbonyl (C=O) groups is 1. The molecule has 0 aromatic heterocycles. The van der Waals surface area contributed by atoms with Crippen molar-refractivity contribution in [1.82, 2.24) is 9.96 Å². The minimum Gasteiger partial charge on any atom is -0.334 e. The molecule has 1 rings (SSSR count). The van der Waals surface area contributed by atoms with Crippen molar-refractivity contribution in [2.24, 2.45) is 5.92 Å². The fourth-order valence-electron chi connectivity index (χ4n) is 3.09. The Balaban J connectivity index is 3.24. The highest BCUT2D eigenvalue weighted by Gasteiger charge is 2.55. The third kappa shape index (κ3) is 2.95. The molecule has 1 heterocycles. The van der Waals surface area contributed by atoms with Crippen molar-refractivity contribution in [3.63, 3.8) is 0 Å². The molecule has 1 aliphatic rings. The van der Waals surface area contributed by atoms with Crippen LogP contribution in [0.1, 0.15) is 61.8 Å². The van der Waals surface area contributed by atoms with E-state index in [4.69, 9.17) is 0 Å². The van der Waals surface area contributed by atoms with E-state index in [0.717, 1.165) is 0 Å². The third-order valence-electron chi connectivity index (χ3n) is 3.91. The number of hydrogen-bond acceptors (Lipinski definition) is 3. The first-order valence-electron chi connectivity index (χ1n) is 7.13. The van der Waals surface area contributed by atoms with E-state index in [1.807, 2.05) is 46.4 Å². The van der Waals surface area contributed by atoms with Crippen molar-refractivity contribution < 1.29 is 10.0 Å². The summed E-state index contributed by atoms with van der Waals surface area (Å²) in [5, 5.41) is 11.8. The van der Waals surface area contributed by atoms with Crippen molar-refractivity contribution in [3.8, 4) is 0 Å². The lowest BCUT2D eigenvalue weighted by molar-refractivity contribution is -0.259. The quantitative estimate of drug-likeness (QED) is 0.839. The van der Waals surface area contributed by atoms with Crippen LogP contribution in [0.3, 0.4) is 0 Å². The number of piperazine rings is 1. The molecule has 1 aliphatic heterocycles. The van der Waals surface area contributed by atoms with Crippen LogP contribution in [0.4, 0.5) is 0 Å². The maximum atomic E-state index is 12.9. The van der Waals surface area contributed by atoms with Crippen molar-refractivity contribution in [3.05, 3.63) is 0 Å². The first kappa shape index (κ1) is 16.4. The number of rotatable bonds is 2. The standard InChI is InChI=1S/C15H30N2O2/c1-11(2)9-15(8)12(18)16(13(3,4)5)10-14(6,7)17(15)19/h11,19H,9-10H2,1-8H3. The molecule has 0 radical (unpaired) electrons. The SMILES string of the molecule is CC(C)CC1(C)C(=O)N(C(C)(C)C)CC(C)(C)N1O. The average molecular weight is 270 g/mol. The zero-order chi connectivity index (χ0) is 15.2. The second kappa shape index (κ2) is 4.74. The van der Waals surface area contributed by atoms with Crippen LogP contribution in [0.15, 0.2) is 0 Å². The molecular formula is C15H30N2O2. The molecule has 1 saturated heterocycles. The first-order valence-corrected chi connectivity index (χ1v) is 7.13. The molecule has 0 aromatic carbocycles. The van der Waals surface area contributed by atoms with Gasteiger partial charge in [0.1, 0.15) is 5.54 Å². The average Bonchev–Trinajstić information content (AvgIpc) is 2.19. The molecule has 0 bridgehead atoms. The molecule has 0 aliphatic carbocycles. The van der Waals surface area contributed by atoms with E-state index in [2.05, 4.69) is 13.8 Å². The van der Waals surface area contributed by atoms with Gasteiger partial charge in [-0.05, 0) is 53.9 Å². The Morgan fingerprint density at radius 1 is 1.26 bits per heavy atom. The second-order valence-corrected chi connectivity index (χ2v) is 8.06. The molecule has 4 nitrogen and oxygen atoms in total. The number of hydrogen-bond donors (Lipinski definition) is 1. The summed E-state index contributed by atoms with van der Waals surface area (Å²) in [5.74, 6) is 0.370. The molecule has 1 N–H and O–H groups in total. The molecule has 112 valence electrons. The van der Waals surface area contributed by atoms with Gasteiger partial charge in [-0.25, -0.2) is 0 Å². The molecule has 0 saturated carbocycles. The Hall–Kier alpha value is -0.610. The molecule has 1 fully saturated rings.